The van der Waals surface area contributed by atoms with Gasteiger partial charge in [0, 0.05) is 39.3 Å². The molecule has 2 rings (SSSR count). The molecule has 0 amide bonds. The summed E-state index contributed by atoms with van der Waals surface area (Å²) < 4.78 is 3.24. The summed E-state index contributed by atoms with van der Waals surface area (Å²) in [5, 5.41) is 8.13. The van der Waals surface area contributed by atoms with Gasteiger partial charge in [0.15, 0.2) is 0 Å². The maximum absolute atomic E-state index is 4.61. The Morgan fingerprint density at radius 2 is 2.20 bits per heavy atom. The van der Waals surface area contributed by atoms with Gasteiger partial charge in [-0.05, 0) is 34.7 Å². The zero-order valence-electron chi connectivity index (χ0n) is 13.1. The summed E-state index contributed by atoms with van der Waals surface area (Å²) in [6, 6.07) is 0.635. The number of halogens is 1. The number of nitrogens with one attached hydrogen (secondary N) is 1. The minimum atomic E-state index is 0.635. The molecule has 20 heavy (non-hydrogen) atoms. The molecular weight excluding hydrogens is 316 g/mol. The highest BCUT2D eigenvalue weighted by Crippen LogP contribution is 2.25. The fraction of sp³-hybridized carbons (Fsp3) is 0.800. The third-order valence-electron chi connectivity index (χ3n) is 4.07. The van der Waals surface area contributed by atoms with E-state index in [-0.39, 0.29) is 0 Å². The number of aryl methyl sites for hydroxylation is 2. The van der Waals surface area contributed by atoms with Gasteiger partial charge in [-0.3, -0.25) is 9.58 Å². The van der Waals surface area contributed by atoms with E-state index in [1.54, 1.807) is 0 Å². The van der Waals surface area contributed by atoms with Crippen LogP contribution in [0.4, 0.5) is 0 Å². The zero-order chi connectivity index (χ0) is 14.7. The van der Waals surface area contributed by atoms with Crippen LogP contribution in [0.2, 0.25) is 0 Å². The summed E-state index contributed by atoms with van der Waals surface area (Å²) in [6.07, 6.45) is 2.23. The van der Waals surface area contributed by atoms with Gasteiger partial charge in [-0.1, -0.05) is 20.8 Å². The molecular formula is C15H27BrN4. The van der Waals surface area contributed by atoms with Gasteiger partial charge in [-0.2, -0.15) is 5.10 Å². The van der Waals surface area contributed by atoms with E-state index in [9.17, 15) is 0 Å². The monoisotopic (exact) mass is 342 g/mol. The summed E-state index contributed by atoms with van der Waals surface area (Å²) in [7, 11) is 2.05. The maximum atomic E-state index is 4.61. The Balaban J connectivity index is 2.12. The van der Waals surface area contributed by atoms with Crippen molar-refractivity contribution < 1.29 is 0 Å². The second-order valence-corrected chi connectivity index (χ2v) is 6.94. The molecule has 0 saturated carbocycles. The summed E-state index contributed by atoms with van der Waals surface area (Å²) >= 11 is 3.73. The fourth-order valence-corrected chi connectivity index (χ4v) is 3.71. The van der Waals surface area contributed by atoms with Crippen LogP contribution < -0.4 is 5.32 Å². The Bertz CT molecular complexity index is 441. The lowest BCUT2D eigenvalue weighted by molar-refractivity contribution is 0.131. The summed E-state index contributed by atoms with van der Waals surface area (Å²) in [5.41, 5.74) is 2.47. The molecule has 1 aliphatic heterocycles. The largest absolute Gasteiger partial charge is 0.314 e. The first kappa shape index (κ1) is 16.0. The van der Waals surface area contributed by atoms with Gasteiger partial charge in [-0.25, -0.2) is 0 Å². The number of nitrogens with zero attached hydrogens (tertiary/aromatic N) is 3. The molecule has 0 aromatic carbocycles. The van der Waals surface area contributed by atoms with E-state index in [1.165, 1.54) is 16.6 Å². The van der Waals surface area contributed by atoms with E-state index in [0.29, 0.717) is 6.04 Å². The van der Waals surface area contributed by atoms with Crippen LogP contribution in [0.1, 0.15) is 38.6 Å². The molecule has 1 aromatic heterocycles. The van der Waals surface area contributed by atoms with E-state index in [1.807, 2.05) is 4.68 Å². The van der Waals surface area contributed by atoms with Crippen LogP contribution in [0.5, 0.6) is 0 Å². The molecule has 1 unspecified atom stereocenters. The Hall–Kier alpha value is -0.390. The lowest BCUT2D eigenvalue weighted by Crippen LogP contribution is -2.51. The summed E-state index contributed by atoms with van der Waals surface area (Å²) in [4.78, 5) is 2.61. The highest BCUT2D eigenvalue weighted by Gasteiger charge is 2.25. The Labute approximate surface area is 131 Å². The van der Waals surface area contributed by atoms with Crippen molar-refractivity contribution in [3.8, 4) is 0 Å². The van der Waals surface area contributed by atoms with Gasteiger partial charge in [0.2, 0.25) is 0 Å². The molecule has 2 heterocycles. The Kier molecular flexibility index (Phi) is 5.64. The third-order valence-corrected chi connectivity index (χ3v) is 4.99. The molecule has 0 radical (unpaired) electrons. The highest BCUT2D eigenvalue weighted by molar-refractivity contribution is 9.10. The molecule has 4 nitrogen and oxygen atoms in total. The van der Waals surface area contributed by atoms with Gasteiger partial charge >= 0.3 is 0 Å². The number of hydrogen-bond donors (Lipinski definition) is 1. The average Bonchev–Trinajstić information content (AvgIpc) is 2.67. The van der Waals surface area contributed by atoms with Gasteiger partial charge < -0.3 is 5.32 Å². The van der Waals surface area contributed by atoms with Crippen molar-refractivity contribution in [2.75, 3.05) is 19.6 Å². The average molecular weight is 343 g/mol. The van der Waals surface area contributed by atoms with Crippen molar-refractivity contribution in [2.24, 2.45) is 13.0 Å². The van der Waals surface area contributed by atoms with Crippen LogP contribution in [0.15, 0.2) is 4.47 Å². The fourth-order valence-electron chi connectivity index (χ4n) is 2.97. The first-order valence-electron chi connectivity index (χ1n) is 7.67. The van der Waals surface area contributed by atoms with Crippen molar-refractivity contribution in [2.45, 2.75) is 46.2 Å². The van der Waals surface area contributed by atoms with Crippen LogP contribution >= 0.6 is 15.9 Å². The van der Waals surface area contributed by atoms with Crippen LogP contribution in [-0.4, -0.2) is 40.4 Å². The maximum Gasteiger partial charge on any atom is 0.0767 e. The Morgan fingerprint density at radius 3 is 2.80 bits per heavy atom. The molecule has 1 saturated heterocycles. The normalized spacial score (nSPS) is 20.8. The first-order valence-corrected chi connectivity index (χ1v) is 8.47. The second-order valence-electron chi connectivity index (χ2n) is 6.14. The van der Waals surface area contributed by atoms with Crippen molar-refractivity contribution >= 4 is 15.9 Å². The van der Waals surface area contributed by atoms with Gasteiger partial charge in [-0.15, -0.1) is 0 Å². The summed E-state index contributed by atoms with van der Waals surface area (Å²) in [5.74, 6) is 0.739. The lowest BCUT2D eigenvalue weighted by Gasteiger charge is -2.37. The van der Waals surface area contributed by atoms with Crippen LogP contribution in [0.3, 0.4) is 0 Å². The van der Waals surface area contributed by atoms with Crippen LogP contribution in [-0.2, 0) is 20.0 Å². The zero-order valence-corrected chi connectivity index (χ0v) is 14.7. The van der Waals surface area contributed by atoms with Gasteiger partial charge in [0.05, 0.1) is 15.9 Å². The van der Waals surface area contributed by atoms with E-state index < -0.39 is 0 Å². The molecule has 1 N–H and O–H groups in total. The summed E-state index contributed by atoms with van der Waals surface area (Å²) in [6.45, 7) is 11.1. The predicted octanol–water partition coefficient (Wildman–Crippen LogP) is 2.56. The SMILES string of the molecule is CCc1nn(C)c(CN2CCNCC2CC(C)C)c1Br. The van der Waals surface area contributed by atoms with Crippen molar-refractivity contribution in [3.63, 3.8) is 0 Å². The first-order chi connectivity index (χ1) is 9.52. The predicted molar refractivity (Wildman–Crippen MR) is 86.8 cm³/mol. The van der Waals surface area contributed by atoms with E-state index in [4.69, 9.17) is 0 Å². The standard InChI is InChI=1S/C15H27BrN4/c1-5-13-15(16)14(19(4)18-13)10-20-7-6-17-9-12(20)8-11(2)3/h11-12,17H,5-10H2,1-4H3. The molecule has 114 valence electrons. The number of aromatic nitrogens is 2. The van der Waals surface area contributed by atoms with Crippen molar-refractivity contribution in [1.29, 1.82) is 0 Å². The Morgan fingerprint density at radius 1 is 1.45 bits per heavy atom. The van der Waals surface area contributed by atoms with Gasteiger partial charge in [0.1, 0.15) is 0 Å². The molecule has 1 atom stereocenters. The minimum absolute atomic E-state index is 0.635. The lowest BCUT2D eigenvalue weighted by atomic mass is 10.0. The third kappa shape index (κ3) is 3.62. The van der Waals surface area contributed by atoms with E-state index in [0.717, 1.165) is 44.2 Å². The molecule has 1 aliphatic rings. The quantitative estimate of drug-likeness (QED) is 0.892. The van der Waals surface area contributed by atoms with E-state index in [2.05, 4.69) is 59.1 Å². The smallest absolute Gasteiger partial charge is 0.0767 e. The second kappa shape index (κ2) is 7.05. The van der Waals surface area contributed by atoms with Crippen LogP contribution in [0.25, 0.3) is 0 Å². The molecule has 0 bridgehead atoms. The van der Waals surface area contributed by atoms with E-state index >= 15 is 0 Å². The highest BCUT2D eigenvalue weighted by atomic mass is 79.9. The number of piperazine rings is 1. The molecule has 0 spiro atoms. The minimum Gasteiger partial charge on any atom is -0.314 e. The van der Waals surface area contributed by atoms with Crippen molar-refractivity contribution in [3.05, 3.63) is 15.9 Å². The number of rotatable bonds is 5. The van der Waals surface area contributed by atoms with Crippen molar-refractivity contribution in [1.82, 2.24) is 20.0 Å². The number of hydrogen-bond acceptors (Lipinski definition) is 3. The van der Waals surface area contributed by atoms with Gasteiger partial charge in [0.25, 0.3) is 0 Å². The topological polar surface area (TPSA) is 33.1 Å². The molecule has 1 aromatic rings. The molecule has 0 aliphatic carbocycles. The van der Waals surface area contributed by atoms with Crippen LogP contribution in [0, 0.1) is 5.92 Å². The molecule has 5 heteroatoms. The molecule has 1 fully saturated rings.